The molecule has 2 nitrogen and oxygen atoms in total. The molecular formula is C10H13BNO. The second kappa shape index (κ2) is 3.16. The molecule has 1 atom stereocenters. The molecule has 1 heterocycles. The van der Waals surface area contributed by atoms with Gasteiger partial charge in [0, 0.05) is 5.54 Å². The van der Waals surface area contributed by atoms with E-state index in [1.807, 2.05) is 18.2 Å². The van der Waals surface area contributed by atoms with Gasteiger partial charge < -0.3 is 9.88 Å². The van der Waals surface area contributed by atoms with Crippen molar-refractivity contribution >= 4 is 7.62 Å². The number of nitrogens with one attached hydrogen (secondary N) is 1. The molecule has 1 saturated heterocycles. The number of hydrogen-bond acceptors (Lipinski definition) is 2. The zero-order chi connectivity index (χ0) is 9.31. The van der Waals surface area contributed by atoms with Crippen molar-refractivity contribution in [2.24, 2.45) is 0 Å². The maximum absolute atomic E-state index is 5.52. The van der Waals surface area contributed by atoms with Crippen LogP contribution >= 0.6 is 0 Å². The van der Waals surface area contributed by atoms with E-state index < -0.39 is 0 Å². The maximum Gasteiger partial charge on any atom is 0.396 e. The Bertz CT molecular complexity index is 286. The molecule has 13 heavy (non-hydrogen) atoms. The Hall–Kier alpha value is -0.795. The molecule has 0 spiro atoms. The molecule has 0 aliphatic carbocycles. The Kier molecular flexibility index (Phi) is 2.14. The smallest absolute Gasteiger partial charge is 0.396 e. The predicted octanol–water partition coefficient (Wildman–Crippen LogP) is 1.66. The van der Waals surface area contributed by atoms with Crippen LogP contribution in [-0.2, 0) is 4.65 Å². The first-order chi connectivity index (χ1) is 6.20. The van der Waals surface area contributed by atoms with Crippen LogP contribution in [0.25, 0.3) is 0 Å². The third-order valence-corrected chi connectivity index (χ3v) is 2.39. The van der Waals surface area contributed by atoms with Gasteiger partial charge in [0.25, 0.3) is 0 Å². The SMILES string of the molecule is CC1(C)N[B]OC1c1ccccc1. The highest BCUT2D eigenvalue weighted by Gasteiger charge is 2.36. The van der Waals surface area contributed by atoms with E-state index in [0.29, 0.717) is 0 Å². The monoisotopic (exact) mass is 174 g/mol. The number of hydrogen-bond donors (Lipinski definition) is 1. The van der Waals surface area contributed by atoms with Crippen LogP contribution in [0.5, 0.6) is 0 Å². The Labute approximate surface area is 79.6 Å². The Morgan fingerprint density at radius 2 is 2.00 bits per heavy atom. The number of rotatable bonds is 1. The average Bonchev–Trinajstić information content (AvgIpc) is 2.47. The lowest BCUT2D eigenvalue weighted by atomic mass is 9.92. The summed E-state index contributed by atoms with van der Waals surface area (Å²) in [6, 6.07) is 10.3. The summed E-state index contributed by atoms with van der Waals surface area (Å²) in [7, 11) is 1.68. The third-order valence-electron chi connectivity index (χ3n) is 2.39. The van der Waals surface area contributed by atoms with E-state index in [1.54, 1.807) is 7.62 Å². The van der Waals surface area contributed by atoms with Gasteiger partial charge in [0.2, 0.25) is 0 Å². The van der Waals surface area contributed by atoms with E-state index in [0.717, 1.165) is 0 Å². The number of benzene rings is 1. The van der Waals surface area contributed by atoms with Gasteiger partial charge >= 0.3 is 7.62 Å². The quantitative estimate of drug-likeness (QED) is 0.653. The van der Waals surface area contributed by atoms with Crippen molar-refractivity contribution in [3.05, 3.63) is 35.9 Å². The van der Waals surface area contributed by atoms with Crippen LogP contribution in [-0.4, -0.2) is 13.2 Å². The van der Waals surface area contributed by atoms with Crippen LogP contribution in [0.1, 0.15) is 25.5 Å². The Balaban J connectivity index is 2.27. The van der Waals surface area contributed by atoms with E-state index in [4.69, 9.17) is 4.65 Å². The highest BCUT2D eigenvalue weighted by Crippen LogP contribution is 2.31. The lowest BCUT2D eigenvalue weighted by molar-refractivity contribution is 0.176. The minimum absolute atomic E-state index is 0.0125. The van der Waals surface area contributed by atoms with Gasteiger partial charge in [-0.15, -0.1) is 0 Å². The molecule has 1 aliphatic rings. The molecule has 1 fully saturated rings. The summed E-state index contributed by atoms with van der Waals surface area (Å²) in [5.41, 5.74) is 1.20. The summed E-state index contributed by atoms with van der Waals surface area (Å²) in [5, 5.41) is 3.20. The fraction of sp³-hybridized carbons (Fsp3) is 0.400. The van der Waals surface area contributed by atoms with E-state index >= 15 is 0 Å². The molecule has 0 amide bonds. The largest absolute Gasteiger partial charge is 0.415 e. The summed E-state index contributed by atoms with van der Waals surface area (Å²) in [6.07, 6.45) is 0.119. The van der Waals surface area contributed by atoms with Crippen LogP contribution in [0.2, 0.25) is 0 Å². The van der Waals surface area contributed by atoms with Crippen LogP contribution in [0, 0.1) is 0 Å². The molecule has 1 aromatic rings. The lowest BCUT2D eigenvalue weighted by Crippen LogP contribution is -2.37. The van der Waals surface area contributed by atoms with Crippen molar-refractivity contribution < 1.29 is 4.65 Å². The minimum atomic E-state index is -0.0125. The second-order valence-electron chi connectivity index (χ2n) is 3.91. The molecule has 67 valence electrons. The van der Waals surface area contributed by atoms with Crippen molar-refractivity contribution in [3.8, 4) is 0 Å². The van der Waals surface area contributed by atoms with Gasteiger partial charge in [-0.1, -0.05) is 30.3 Å². The minimum Gasteiger partial charge on any atom is -0.415 e. The van der Waals surface area contributed by atoms with Gasteiger partial charge in [-0.25, -0.2) is 0 Å². The van der Waals surface area contributed by atoms with Gasteiger partial charge in [0.05, 0.1) is 6.10 Å². The second-order valence-corrected chi connectivity index (χ2v) is 3.91. The van der Waals surface area contributed by atoms with Crippen LogP contribution < -0.4 is 5.23 Å². The molecule has 1 unspecified atom stereocenters. The average molecular weight is 174 g/mol. The molecule has 3 heteroatoms. The van der Waals surface area contributed by atoms with E-state index in [9.17, 15) is 0 Å². The molecule has 2 rings (SSSR count). The molecule has 1 aliphatic heterocycles. The molecule has 1 radical (unpaired) electrons. The topological polar surface area (TPSA) is 21.3 Å². The van der Waals surface area contributed by atoms with E-state index in [-0.39, 0.29) is 11.6 Å². The van der Waals surface area contributed by atoms with E-state index in [2.05, 4.69) is 31.2 Å². The third kappa shape index (κ3) is 1.62. The predicted molar refractivity (Wildman–Crippen MR) is 53.2 cm³/mol. The lowest BCUT2D eigenvalue weighted by Gasteiger charge is -2.26. The van der Waals surface area contributed by atoms with Crippen LogP contribution in [0.3, 0.4) is 0 Å². The Morgan fingerprint density at radius 3 is 2.54 bits per heavy atom. The van der Waals surface area contributed by atoms with Crippen molar-refractivity contribution in [2.75, 3.05) is 0 Å². The Morgan fingerprint density at radius 1 is 1.31 bits per heavy atom. The van der Waals surface area contributed by atoms with E-state index in [1.165, 1.54) is 5.56 Å². The first-order valence-corrected chi connectivity index (χ1v) is 4.50. The van der Waals surface area contributed by atoms with Gasteiger partial charge in [0.15, 0.2) is 0 Å². The first-order valence-electron chi connectivity index (χ1n) is 4.50. The van der Waals surface area contributed by atoms with Crippen LogP contribution in [0.15, 0.2) is 30.3 Å². The summed E-state index contributed by atoms with van der Waals surface area (Å²) < 4.78 is 5.52. The summed E-state index contributed by atoms with van der Waals surface area (Å²) in [5.74, 6) is 0. The van der Waals surface area contributed by atoms with Gasteiger partial charge in [-0.3, -0.25) is 0 Å². The highest BCUT2D eigenvalue weighted by atomic mass is 16.5. The molecular weight excluding hydrogens is 161 g/mol. The van der Waals surface area contributed by atoms with Crippen molar-refractivity contribution in [2.45, 2.75) is 25.5 Å². The van der Waals surface area contributed by atoms with Gasteiger partial charge in [-0.2, -0.15) is 0 Å². The summed E-state index contributed by atoms with van der Waals surface area (Å²) >= 11 is 0. The fourth-order valence-electron chi connectivity index (χ4n) is 1.62. The summed E-state index contributed by atoms with van der Waals surface area (Å²) in [4.78, 5) is 0. The first kappa shape index (κ1) is 8.79. The fourth-order valence-corrected chi connectivity index (χ4v) is 1.62. The molecule has 1 N–H and O–H groups in total. The molecule has 0 aromatic heterocycles. The zero-order valence-electron chi connectivity index (χ0n) is 7.95. The molecule has 0 bridgehead atoms. The van der Waals surface area contributed by atoms with Crippen molar-refractivity contribution in [3.63, 3.8) is 0 Å². The van der Waals surface area contributed by atoms with Crippen molar-refractivity contribution in [1.82, 2.24) is 5.23 Å². The van der Waals surface area contributed by atoms with Gasteiger partial charge in [0.1, 0.15) is 0 Å². The highest BCUT2D eigenvalue weighted by molar-refractivity contribution is 6.25. The molecule has 1 aromatic carbocycles. The maximum atomic E-state index is 5.52. The van der Waals surface area contributed by atoms with Crippen molar-refractivity contribution in [1.29, 1.82) is 0 Å². The van der Waals surface area contributed by atoms with Crippen LogP contribution in [0.4, 0.5) is 0 Å². The zero-order valence-corrected chi connectivity index (χ0v) is 7.95. The molecule has 0 saturated carbocycles. The standard InChI is InChI=1S/C10H13BNO/c1-10(2)9(13-11-12-10)8-6-4-3-5-7-8/h3-7,9,12H,1-2H3. The van der Waals surface area contributed by atoms with Gasteiger partial charge in [-0.05, 0) is 19.4 Å². The normalized spacial score (nSPS) is 25.5. The summed E-state index contributed by atoms with van der Waals surface area (Å²) in [6.45, 7) is 4.27.